The van der Waals surface area contributed by atoms with Crippen LogP contribution in [0, 0.1) is 0 Å². The number of aromatic nitrogens is 1. The maximum atomic E-state index is 12.7. The molecule has 0 saturated carbocycles. The van der Waals surface area contributed by atoms with Crippen LogP contribution in [0.15, 0.2) is 35.3 Å². The van der Waals surface area contributed by atoms with Gasteiger partial charge < -0.3 is 14.0 Å². The van der Waals surface area contributed by atoms with Gasteiger partial charge in [0.15, 0.2) is 0 Å². The van der Waals surface area contributed by atoms with Crippen LogP contribution in [0.2, 0.25) is 0 Å². The van der Waals surface area contributed by atoms with Gasteiger partial charge in [-0.3, -0.25) is 4.79 Å². The number of ether oxygens (including phenoxy) is 2. The number of rotatable bonds is 6. The number of pyridine rings is 1. The van der Waals surface area contributed by atoms with Crippen molar-refractivity contribution in [3.63, 3.8) is 0 Å². The van der Waals surface area contributed by atoms with E-state index in [1.807, 2.05) is 32.9 Å². The van der Waals surface area contributed by atoms with E-state index in [4.69, 9.17) is 9.47 Å². The maximum Gasteiger partial charge on any atom is 0.329 e. The predicted molar refractivity (Wildman–Crippen MR) is 89.9 cm³/mol. The Morgan fingerprint density at radius 3 is 2.57 bits per heavy atom. The zero-order valence-electron chi connectivity index (χ0n) is 14.0. The third kappa shape index (κ3) is 3.73. The van der Waals surface area contributed by atoms with E-state index in [-0.39, 0.29) is 17.6 Å². The van der Waals surface area contributed by atoms with Crippen LogP contribution in [0.5, 0.6) is 5.75 Å². The molecule has 0 aliphatic carbocycles. The highest BCUT2D eigenvalue weighted by atomic mass is 16.5. The van der Waals surface area contributed by atoms with Gasteiger partial charge in [0.25, 0.3) is 5.56 Å². The van der Waals surface area contributed by atoms with Gasteiger partial charge in [0, 0.05) is 11.6 Å². The lowest BCUT2D eigenvalue weighted by Crippen LogP contribution is -2.30. The number of carbonyl (C=O) groups is 1. The lowest BCUT2D eigenvalue weighted by Gasteiger charge is -2.17. The maximum absolute atomic E-state index is 12.7. The van der Waals surface area contributed by atoms with Gasteiger partial charge in [-0.1, -0.05) is 6.92 Å². The van der Waals surface area contributed by atoms with Crippen molar-refractivity contribution >= 4 is 16.7 Å². The molecule has 1 aromatic carbocycles. The Hall–Kier alpha value is -2.30. The number of esters is 1. The van der Waals surface area contributed by atoms with Gasteiger partial charge in [-0.05, 0) is 56.8 Å². The number of hydrogen-bond donors (Lipinski definition) is 0. The van der Waals surface area contributed by atoms with E-state index in [2.05, 4.69) is 0 Å². The molecule has 5 heteroatoms. The van der Waals surface area contributed by atoms with Crippen molar-refractivity contribution in [2.24, 2.45) is 0 Å². The first kappa shape index (κ1) is 17.1. The van der Waals surface area contributed by atoms with E-state index in [0.29, 0.717) is 18.4 Å². The topological polar surface area (TPSA) is 57.5 Å². The molecule has 23 heavy (non-hydrogen) atoms. The molecule has 1 atom stereocenters. The van der Waals surface area contributed by atoms with Crippen LogP contribution in [0.3, 0.4) is 0 Å². The molecule has 124 valence electrons. The van der Waals surface area contributed by atoms with Gasteiger partial charge in [0.2, 0.25) is 0 Å². The fraction of sp³-hybridized carbons (Fsp3) is 0.444. The Balaban J connectivity index is 2.46. The third-order valence-corrected chi connectivity index (χ3v) is 3.56. The van der Waals surface area contributed by atoms with E-state index >= 15 is 0 Å². The summed E-state index contributed by atoms with van der Waals surface area (Å²) in [6, 6.07) is 6.58. The van der Waals surface area contributed by atoms with E-state index in [0.717, 1.165) is 11.1 Å². The van der Waals surface area contributed by atoms with E-state index < -0.39 is 6.04 Å². The first-order chi connectivity index (χ1) is 11.0. The highest BCUT2D eigenvalue weighted by Crippen LogP contribution is 2.21. The minimum absolute atomic E-state index is 0.0705. The molecule has 0 amide bonds. The average Bonchev–Trinajstić information content (AvgIpc) is 2.50. The largest absolute Gasteiger partial charge is 0.491 e. The second-order valence-corrected chi connectivity index (χ2v) is 5.62. The second-order valence-electron chi connectivity index (χ2n) is 5.62. The number of benzene rings is 1. The summed E-state index contributed by atoms with van der Waals surface area (Å²) in [6.45, 7) is 7.82. The highest BCUT2D eigenvalue weighted by Gasteiger charge is 2.21. The number of hydrogen-bond acceptors (Lipinski definition) is 4. The van der Waals surface area contributed by atoms with Gasteiger partial charge in [-0.25, -0.2) is 4.79 Å². The van der Waals surface area contributed by atoms with Crippen molar-refractivity contribution in [2.45, 2.75) is 46.3 Å². The van der Waals surface area contributed by atoms with Crippen LogP contribution in [-0.2, 0) is 9.53 Å². The monoisotopic (exact) mass is 317 g/mol. The first-order valence-corrected chi connectivity index (χ1v) is 7.96. The molecule has 1 unspecified atom stereocenters. The summed E-state index contributed by atoms with van der Waals surface area (Å²) in [5.41, 5.74) is -0.196. The van der Waals surface area contributed by atoms with Crippen LogP contribution in [0.1, 0.15) is 40.2 Å². The molecule has 0 aliphatic rings. The van der Waals surface area contributed by atoms with Gasteiger partial charge >= 0.3 is 5.97 Å². The highest BCUT2D eigenvalue weighted by molar-refractivity contribution is 5.83. The summed E-state index contributed by atoms with van der Waals surface area (Å²) in [5.74, 6) is 0.346. The molecule has 0 fully saturated rings. The standard InChI is InChI=1S/C18H23NO4/c1-5-16(18(21)22-6-2)19-10-9-13-11-14(23-12(3)4)7-8-15(13)17(19)20/h7-12,16H,5-6H2,1-4H3. The molecule has 0 radical (unpaired) electrons. The quantitative estimate of drug-likeness (QED) is 0.767. The van der Waals surface area contributed by atoms with Crippen LogP contribution < -0.4 is 10.3 Å². The van der Waals surface area contributed by atoms with Crippen molar-refractivity contribution in [2.75, 3.05) is 6.61 Å². The Labute approximate surface area is 135 Å². The number of nitrogens with zero attached hydrogens (tertiary/aromatic N) is 1. The molecule has 2 aromatic rings. The third-order valence-electron chi connectivity index (χ3n) is 3.56. The minimum atomic E-state index is -0.599. The Morgan fingerprint density at radius 1 is 1.22 bits per heavy atom. The van der Waals surface area contributed by atoms with E-state index in [1.165, 1.54) is 4.57 Å². The molecule has 1 heterocycles. The smallest absolute Gasteiger partial charge is 0.329 e. The first-order valence-electron chi connectivity index (χ1n) is 7.96. The molecule has 0 N–H and O–H groups in total. The van der Waals surface area contributed by atoms with Crippen LogP contribution in [-0.4, -0.2) is 23.2 Å². The lowest BCUT2D eigenvalue weighted by molar-refractivity contribution is -0.147. The molecule has 5 nitrogen and oxygen atoms in total. The fourth-order valence-electron chi connectivity index (χ4n) is 2.55. The summed E-state index contributed by atoms with van der Waals surface area (Å²) in [5, 5.41) is 1.36. The molecular weight excluding hydrogens is 294 g/mol. The minimum Gasteiger partial charge on any atom is -0.491 e. The zero-order chi connectivity index (χ0) is 17.0. The Bertz CT molecular complexity index is 748. The van der Waals surface area contributed by atoms with Crippen LogP contribution in [0.4, 0.5) is 0 Å². The van der Waals surface area contributed by atoms with Crippen molar-refractivity contribution < 1.29 is 14.3 Å². The second kappa shape index (κ2) is 7.31. The van der Waals surface area contributed by atoms with Crippen LogP contribution >= 0.6 is 0 Å². The van der Waals surface area contributed by atoms with E-state index in [9.17, 15) is 9.59 Å². The van der Waals surface area contributed by atoms with E-state index in [1.54, 1.807) is 25.3 Å². The fourth-order valence-corrected chi connectivity index (χ4v) is 2.55. The lowest BCUT2D eigenvalue weighted by atomic mass is 10.1. The molecular formula is C18H23NO4. The number of fused-ring (bicyclic) bond motifs is 1. The molecule has 0 spiro atoms. The Morgan fingerprint density at radius 2 is 1.96 bits per heavy atom. The van der Waals surface area contributed by atoms with Gasteiger partial charge in [-0.15, -0.1) is 0 Å². The molecule has 0 saturated heterocycles. The van der Waals surface area contributed by atoms with Gasteiger partial charge in [0.1, 0.15) is 11.8 Å². The molecule has 1 aromatic heterocycles. The van der Waals surface area contributed by atoms with Crippen molar-refractivity contribution in [3.8, 4) is 5.75 Å². The van der Waals surface area contributed by atoms with Gasteiger partial charge in [0.05, 0.1) is 12.7 Å². The zero-order valence-corrected chi connectivity index (χ0v) is 14.0. The van der Waals surface area contributed by atoms with Crippen molar-refractivity contribution in [1.29, 1.82) is 0 Å². The SMILES string of the molecule is CCOC(=O)C(CC)n1ccc2cc(OC(C)C)ccc2c1=O. The van der Waals surface area contributed by atoms with Crippen molar-refractivity contribution in [3.05, 3.63) is 40.8 Å². The summed E-state index contributed by atoms with van der Waals surface area (Å²) < 4.78 is 12.2. The summed E-state index contributed by atoms with van der Waals surface area (Å²) in [4.78, 5) is 24.7. The molecule has 0 aliphatic heterocycles. The summed E-state index contributed by atoms with van der Waals surface area (Å²) in [6.07, 6.45) is 2.22. The van der Waals surface area contributed by atoms with Crippen LogP contribution in [0.25, 0.3) is 10.8 Å². The average molecular weight is 317 g/mol. The predicted octanol–water partition coefficient (Wildman–Crippen LogP) is 3.30. The Kier molecular flexibility index (Phi) is 5.42. The summed E-state index contributed by atoms with van der Waals surface area (Å²) >= 11 is 0. The molecule has 0 bridgehead atoms. The van der Waals surface area contributed by atoms with Gasteiger partial charge in [-0.2, -0.15) is 0 Å². The summed E-state index contributed by atoms with van der Waals surface area (Å²) in [7, 11) is 0. The van der Waals surface area contributed by atoms with Crippen molar-refractivity contribution in [1.82, 2.24) is 4.57 Å². The normalized spacial score (nSPS) is 12.4. The number of carbonyl (C=O) groups excluding carboxylic acids is 1. The molecule has 2 rings (SSSR count).